The second-order valence-corrected chi connectivity index (χ2v) is 4.51. The van der Waals surface area contributed by atoms with E-state index in [2.05, 4.69) is 0 Å². The molecule has 0 radical (unpaired) electrons. The van der Waals surface area contributed by atoms with Gasteiger partial charge >= 0.3 is 0 Å². The first-order valence-electron chi connectivity index (χ1n) is 5.98. The van der Waals surface area contributed by atoms with Gasteiger partial charge in [-0.15, -0.1) is 0 Å². The molecule has 3 nitrogen and oxygen atoms in total. The predicted octanol–water partition coefficient (Wildman–Crippen LogP) is 2.29. The molecule has 92 valence electrons. The fourth-order valence-corrected chi connectivity index (χ4v) is 1.94. The number of ether oxygens (including phenoxy) is 2. The average Bonchev–Trinajstić information content (AvgIpc) is 2.84. The molecule has 0 spiro atoms. The van der Waals surface area contributed by atoms with Gasteiger partial charge in [-0.1, -0.05) is 12.1 Å². The van der Waals surface area contributed by atoms with Crippen LogP contribution in [0.1, 0.15) is 17.5 Å². The molecule has 1 aliphatic rings. The molecule has 1 heterocycles. The van der Waals surface area contributed by atoms with E-state index in [1.54, 1.807) is 0 Å². The van der Waals surface area contributed by atoms with Gasteiger partial charge in [0.05, 0.1) is 6.61 Å². The molecule has 1 aromatic rings. The standard InChI is InChI=1S/C14H18O3/c1-10-4-3-5-14(11(10)2)17-9-13(15)12-6-7-16-8-12/h3-5,12H,6-9H2,1-2H3. The average molecular weight is 234 g/mol. The number of benzene rings is 1. The Bertz CT molecular complexity index is 406. The molecule has 1 saturated heterocycles. The van der Waals surface area contributed by atoms with Crippen LogP contribution in [-0.4, -0.2) is 25.6 Å². The Morgan fingerprint density at radius 2 is 2.29 bits per heavy atom. The van der Waals surface area contributed by atoms with Crippen LogP contribution < -0.4 is 4.74 Å². The van der Waals surface area contributed by atoms with Gasteiger partial charge in [0.2, 0.25) is 0 Å². The number of aryl methyl sites for hydroxylation is 1. The topological polar surface area (TPSA) is 35.5 Å². The van der Waals surface area contributed by atoms with Crippen LogP contribution in [0.25, 0.3) is 0 Å². The summed E-state index contributed by atoms with van der Waals surface area (Å²) in [5.74, 6) is 0.973. The molecule has 1 aromatic carbocycles. The molecule has 0 saturated carbocycles. The van der Waals surface area contributed by atoms with E-state index in [4.69, 9.17) is 9.47 Å². The van der Waals surface area contributed by atoms with Gasteiger partial charge in [-0.2, -0.15) is 0 Å². The summed E-state index contributed by atoms with van der Waals surface area (Å²) in [7, 11) is 0. The molecule has 0 aliphatic carbocycles. The molecule has 1 aliphatic heterocycles. The summed E-state index contributed by atoms with van der Waals surface area (Å²) in [6.45, 7) is 5.44. The summed E-state index contributed by atoms with van der Waals surface area (Å²) < 4.78 is 10.8. The van der Waals surface area contributed by atoms with Gasteiger partial charge in [0.1, 0.15) is 12.4 Å². The quantitative estimate of drug-likeness (QED) is 0.801. The molecule has 17 heavy (non-hydrogen) atoms. The lowest BCUT2D eigenvalue weighted by atomic mass is 10.0. The number of ketones is 1. The first-order chi connectivity index (χ1) is 8.18. The predicted molar refractivity (Wildman–Crippen MR) is 65.3 cm³/mol. The second kappa shape index (κ2) is 5.32. The monoisotopic (exact) mass is 234 g/mol. The Hall–Kier alpha value is -1.35. The van der Waals surface area contributed by atoms with Crippen LogP contribution in [0.5, 0.6) is 5.75 Å². The Balaban J connectivity index is 1.93. The normalized spacial score (nSPS) is 19.3. The highest BCUT2D eigenvalue weighted by Gasteiger charge is 2.23. The maximum Gasteiger partial charge on any atom is 0.175 e. The maximum absolute atomic E-state index is 11.8. The van der Waals surface area contributed by atoms with Crippen LogP contribution in [0.2, 0.25) is 0 Å². The molecule has 1 fully saturated rings. The summed E-state index contributed by atoms with van der Waals surface area (Å²) in [6, 6.07) is 5.89. The van der Waals surface area contributed by atoms with E-state index in [1.165, 1.54) is 5.56 Å². The van der Waals surface area contributed by atoms with Crippen LogP contribution in [0.15, 0.2) is 18.2 Å². The molecule has 2 rings (SSSR count). The van der Waals surface area contributed by atoms with Gasteiger partial charge in [-0.3, -0.25) is 4.79 Å². The van der Waals surface area contributed by atoms with Crippen LogP contribution in [0.4, 0.5) is 0 Å². The van der Waals surface area contributed by atoms with Crippen LogP contribution >= 0.6 is 0 Å². The number of Topliss-reactive ketones (excluding diaryl/α,β-unsaturated/α-hetero) is 1. The van der Waals surface area contributed by atoms with E-state index in [-0.39, 0.29) is 18.3 Å². The van der Waals surface area contributed by atoms with Crippen molar-refractivity contribution in [3.8, 4) is 5.75 Å². The van der Waals surface area contributed by atoms with Gasteiger partial charge in [-0.05, 0) is 37.5 Å². The first kappa shape index (κ1) is 12.1. The van der Waals surface area contributed by atoms with E-state index in [9.17, 15) is 4.79 Å². The van der Waals surface area contributed by atoms with Gasteiger partial charge in [-0.25, -0.2) is 0 Å². The zero-order chi connectivity index (χ0) is 12.3. The summed E-state index contributed by atoms with van der Waals surface area (Å²) in [5, 5.41) is 0. The Morgan fingerprint density at radius 3 is 3.00 bits per heavy atom. The lowest BCUT2D eigenvalue weighted by Gasteiger charge is -2.12. The van der Waals surface area contributed by atoms with Crippen molar-refractivity contribution in [3.05, 3.63) is 29.3 Å². The van der Waals surface area contributed by atoms with Crippen molar-refractivity contribution in [2.24, 2.45) is 5.92 Å². The molecule has 1 unspecified atom stereocenters. The summed E-state index contributed by atoms with van der Waals surface area (Å²) in [6.07, 6.45) is 0.828. The van der Waals surface area contributed by atoms with Crippen molar-refractivity contribution in [2.75, 3.05) is 19.8 Å². The largest absolute Gasteiger partial charge is 0.486 e. The third-order valence-electron chi connectivity index (χ3n) is 3.31. The molecule has 1 atom stereocenters. The van der Waals surface area contributed by atoms with Crippen molar-refractivity contribution in [3.63, 3.8) is 0 Å². The minimum absolute atomic E-state index is 0.0279. The van der Waals surface area contributed by atoms with Crippen LogP contribution in [0.3, 0.4) is 0 Å². The van der Waals surface area contributed by atoms with Crippen molar-refractivity contribution in [1.82, 2.24) is 0 Å². The number of carbonyl (C=O) groups is 1. The minimum atomic E-state index is 0.0279. The second-order valence-electron chi connectivity index (χ2n) is 4.51. The van der Waals surface area contributed by atoms with Crippen LogP contribution in [-0.2, 0) is 9.53 Å². The van der Waals surface area contributed by atoms with E-state index >= 15 is 0 Å². The number of carbonyl (C=O) groups excluding carboxylic acids is 1. The van der Waals surface area contributed by atoms with Gasteiger partial charge < -0.3 is 9.47 Å². The van der Waals surface area contributed by atoms with Crippen molar-refractivity contribution < 1.29 is 14.3 Å². The van der Waals surface area contributed by atoms with E-state index < -0.39 is 0 Å². The Labute approximate surface area is 102 Å². The molecule has 3 heteroatoms. The third kappa shape index (κ3) is 2.86. The zero-order valence-electron chi connectivity index (χ0n) is 10.4. The number of rotatable bonds is 4. The third-order valence-corrected chi connectivity index (χ3v) is 3.31. The lowest BCUT2D eigenvalue weighted by Crippen LogP contribution is -2.21. The Kier molecular flexibility index (Phi) is 3.79. The molecule has 0 aromatic heterocycles. The highest BCUT2D eigenvalue weighted by atomic mass is 16.5. The van der Waals surface area contributed by atoms with E-state index in [0.717, 1.165) is 17.7 Å². The molecular weight excluding hydrogens is 216 g/mol. The SMILES string of the molecule is Cc1cccc(OCC(=O)C2CCOC2)c1C. The Morgan fingerprint density at radius 1 is 1.47 bits per heavy atom. The summed E-state index contributed by atoms with van der Waals surface area (Å²) >= 11 is 0. The highest BCUT2D eigenvalue weighted by molar-refractivity contribution is 5.82. The van der Waals surface area contributed by atoms with Gasteiger partial charge in [0, 0.05) is 12.5 Å². The summed E-state index contributed by atoms with van der Waals surface area (Å²) in [4.78, 5) is 11.8. The van der Waals surface area contributed by atoms with Crippen molar-refractivity contribution >= 4 is 5.78 Å². The van der Waals surface area contributed by atoms with Crippen molar-refractivity contribution in [1.29, 1.82) is 0 Å². The smallest absolute Gasteiger partial charge is 0.175 e. The van der Waals surface area contributed by atoms with Crippen molar-refractivity contribution in [2.45, 2.75) is 20.3 Å². The van der Waals surface area contributed by atoms with Crippen LogP contribution in [0, 0.1) is 19.8 Å². The maximum atomic E-state index is 11.8. The highest BCUT2D eigenvalue weighted by Crippen LogP contribution is 2.21. The first-order valence-corrected chi connectivity index (χ1v) is 5.98. The number of hydrogen-bond acceptors (Lipinski definition) is 3. The molecule has 0 bridgehead atoms. The summed E-state index contributed by atoms with van der Waals surface area (Å²) in [5.41, 5.74) is 2.28. The molecule has 0 N–H and O–H groups in total. The van der Waals surface area contributed by atoms with E-state index in [1.807, 2.05) is 32.0 Å². The van der Waals surface area contributed by atoms with Gasteiger partial charge in [0.25, 0.3) is 0 Å². The van der Waals surface area contributed by atoms with Gasteiger partial charge in [0.15, 0.2) is 5.78 Å². The molecular formula is C14H18O3. The number of hydrogen-bond donors (Lipinski definition) is 0. The fraction of sp³-hybridized carbons (Fsp3) is 0.500. The fourth-order valence-electron chi connectivity index (χ4n) is 1.94. The molecule has 0 amide bonds. The van der Waals surface area contributed by atoms with E-state index in [0.29, 0.717) is 13.2 Å². The lowest BCUT2D eigenvalue weighted by molar-refractivity contribution is -0.124. The minimum Gasteiger partial charge on any atom is -0.486 e. The zero-order valence-corrected chi connectivity index (χ0v) is 10.4.